The van der Waals surface area contributed by atoms with Gasteiger partial charge in [0.2, 0.25) is 17.7 Å². The van der Waals surface area contributed by atoms with Crippen LogP contribution in [0, 0.1) is 22.6 Å². The fourth-order valence-corrected chi connectivity index (χ4v) is 7.83. The molecule has 6 rings (SSSR count). The molecule has 0 bridgehead atoms. The number of benzene rings is 2. The predicted molar refractivity (Wildman–Crippen MR) is 161 cm³/mol. The van der Waals surface area contributed by atoms with Crippen LogP contribution in [0.15, 0.2) is 53.3 Å². The molecule has 10 nitrogen and oxygen atoms in total. The van der Waals surface area contributed by atoms with Crippen molar-refractivity contribution in [2.75, 3.05) is 25.8 Å². The third-order valence-electron chi connectivity index (χ3n) is 9.33. The van der Waals surface area contributed by atoms with E-state index in [9.17, 15) is 19.5 Å². The molecule has 4 aliphatic rings. The van der Waals surface area contributed by atoms with Crippen molar-refractivity contribution in [3.63, 3.8) is 0 Å². The van der Waals surface area contributed by atoms with Crippen molar-refractivity contribution in [3.8, 4) is 5.75 Å². The first-order valence-electron chi connectivity index (χ1n) is 14.4. The fraction of sp³-hybridized carbons (Fsp3) is 0.438. The van der Waals surface area contributed by atoms with Crippen LogP contribution in [0.5, 0.6) is 5.75 Å². The van der Waals surface area contributed by atoms with Crippen molar-refractivity contribution in [2.45, 2.75) is 51.2 Å². The van der Waals surface area contributed by atoms with Crippen LogP contribution in [-0.4, -0.2) is 73.0 Å². The van der Waals surface area contributed by atoms with Crippen LogP contribution in [0.3, 0.4) is 0 Å². The molecular formula is C32H34ClFN4O6. The number of nitrogens with one attached hydrogen (secondary N) is 1. The Morgan fingerprint density at radius 2 is 1.95 bits per heavy atom. The topological polar surface area (TPSA) is 121 Å². The van der Waals surface area contributed by atoms with Crippen molar-refractivity contribution in [2.24, 2.45) is 21.7 Å². The van der Waals surface area contributed by atoms with Crippen molar-refractivity contribution < 1.29 is 33.4 Å². The predicted octanol–water partition coefficient (Wildman–Crippen LogP) is 4.44. The zero-order chi connectivity index (χ0) is 31.7. The lowest BCUT2D eigenvalue weighted by molar-refractivity contribution is -0.131. The molecule has 0 aromatic heterocycles. The van der Waals surface area contributed by atoms with Crippen LogP contribution < -0.4 is 15.0 Å². The number of methoxy groups -OCH3 is 2. The third kappa shape index (κ3) is 4.39. The summed E-state index contributed by atoms with van der Waals surface area (Å²) >= 11 is 6.32. The van der Waals surface area contributed by atoms with E-state index in [0.717, 1.165) is 0 Å². The molecule has 2 aromatic rings. The van der Waals surface area contributed by atoms with E-state index in [1.54, 1.807) is 24.4 Å². The second kappa shape index (κ2) is 10.6. The normalized spacial score (nSPS) is 29.5. The highest BCUT2D eigenvalue weighted by Crippen LogP contribution is 2.63. The van der Waals surface area contributed by atoms with Gasteiger partial charge < -0.3 is 19.9 Å². The number of aromatic carboxylic acids is 1. The number of carboxylic acid groups (broad SMARTS) is 1. The minimum atomic E-state index is -1.29. The molecule has 6 atom stereocenters. The van der Waals surface area contributed by atoms with Crippen LogP contribution in [-0.2, 0) is 14.3 Å². The number of nitrogens with zero attached hydrogens (tertiary/aromatic N) is 3. The Bertz CT molecular complexity index is 1620. The first-order valence-corrected chi connectivity index (χ1v) is 14.7. The maximum Gasteiger partial charge on any atom is 0.335 e. The van der Waals surface area contributed by atoms with Crippen LogP contribution in [0.4, 0.5) is 10.1 Å². The Morgan fingerprint density at radius 1 is 1.20 bits per heavy atom. The number of fused-ring (bicyclic) bond motifs is 3. The van der Waals surface area contributed by atoms with Crippen LogP contribution >= 0.6 is 11.6 Å². The minimum absolute atomic E-state index is 0.00919. The van der Waals surface area contributed by atoms with E-state index >= 15 is 4.39 Å². The van der Waals surface area contributed by atoms with Gasteiger partial charge in [-0.25, -0.2) is 14.2 Å². The highest BCUT2D eigenvalue weighted by Gasteiger charge is 2.74. The summed E-state index contributed by atoms with van der Waals surface area (Å²) in [5.74, 6) is -3.33. The Kier molecular flexibility index (Phi) is 7.24. The Labute approximate surface area is 259 Å². The van der Waals surface area contributed by atoms with E-state index in [1.807, 2.05) is 4.90 Å². The highest BCUT2D eigenvalue weighted by atomic mass is 35.5. The molecule has 0 saturated carbocycles. The summed E-state index contributed by atoms with van der Waals surface area (Å²) in [6, 6.07) is 7.04. The number of amides is 2. The van der Waals surface area contributed by atoms with E-state index in [1.165, 1.54) is 43.4 Å². The van der Waals surface area contributed by atoms with E-state index in [0.29, 0.717) is 18.0 Å². The van der Waals surface area contributed by atoms with E-state index in [-0.39, 0.29) is 45.8 Å². The molecular weight excluding hydrogens is 591 g/mol. The summed E-state index contributed by atoms with van der Waals surface area (Å²) in [5.41, 5.74) is -1.01. The molecule has 4 aliphatic heterocycles. The van der Waals surface area contributed by atoms with Gasteiger partial charge in [0.15, 0.2) is 0 Å². The standard InChI is InChI=1S/C32H34ClFN4O6/c1-31(2,3)13-23-32(18-14-35-24(44-5)12-20(18)36-30(32)42)25(17-7-6-8-19(33)26(17)34)27-28(39)37(15-38(23)27)21-10-9-16(29(40)41)11-22(21)43-4/h6-12,14,18,20,23,25,27H,13,15H2,1-5H3,(H,36,42)(H,40,41)/t18?,20?,23-,25-,27+,32+/m0/s1. The lowest BCUT2D eigenvalue weighted by Crippen LogP contribution is -2.53. The summed E-state index contributed by atoms with van der Waals surface area (Å²) in [6.07, 6.45) is 3.96. The average molecular weight is 625 g/mol. The number of hydrogen-bond acceptors (Lipinski definition) is 7. The lowest BCUT2D eigenvalue weighted by Gasteiger charge is -2.43. The van der Waals surface area contributed by atoms with Gasteiger partial charge in [-0.1, -0.05) is 44.5 Å². The molecule has 12 heteroatoms. The van der Waals surface area contributed by atoms with E-state index < -0.39 is 47.2 Å². The van der Waals surface area contributed by atoms with Gasteiger partial charge in [-0.15, -0.1) is 0 Å². The lowest BCUT2D eigenvalue weighted by atomic mass is 9.59. The molecule has 2 unspecified atom stereocenters. The molecule has 1 spiro atoms. The summed E-state index contributed by atoms with van der Waals surface area (Å²) in [7, 11) is 2.90. The maximum absolute atomic E-state index is 16.1. The van der Waals surface area contributed by atoms with Gasteiger partial charge in [0, 0.05) is 30.2 Å². The largest absolute Gasteiger partial charge is 0.495 e. The number of rotatable bonds is 6. The van der Waals surface area contributed by atoms with Crippen LogP contribution in [0.25, 0.3) is 0 Å². The number of carboxylic acids is 1. The van der Waals surface area contributed by atoms with Crippen molar-refractivity contribution >= 4 is 41.3 Å². The van der Waals surface area contributed by atoms with Gasteiger partial charge in [0.1, 0.15) is 11.6 Å². The highest BCUT2D eigenvalue weighted by molar-refractivity contribution is 6.30. The third-order valence-corrected chi connectivity index (χ3v) is 9.62. The summed E-state index contributed by atoms with van der Waals surface area (Å²) < 4.78 is 27.0. The molecule has 3 fully saturated rings. The molecule has 2 amide bonds. The minimum Gasteiger partial charge on any atom is -0.495 e. The molecule has 232 valence electrons. The van der Waals surface area contributed by atoms with Gasteiger partial charge in [0.25, 0.3) is 0 Å². The van der Waals surface area contributed by atoms with Gasteiger partial charge >= 0.3 is 5.97 Å². The first-order chi connectivity index (χ1) is 20.8. The fourth-order valence-electron chi connectivity index (χ4n) is 7.64. The van der Waals surface area contributed by atoms with Crippen molar-refractivity contribution in [1.29, 1.82) is 0 Å². The van der Waals surface area contributed by atoms with Gasteiger partial charge in [-0.2, -0.15) is 0 Å². The van der Waals surface area contributed by atoms with E-state index in [4.69, 9.17) is 21.1 Å². The number of halogens is 2. The summed E-state index contributed by atoms with van der Waals surface area (Å²) in [5, 5.41) is 12.5. The molecule has 44 heavy (non-hydrogen) atoms. The van der Waals surface area contributed by atoms with Crippen molar-refractivity contribution in [3.05, 3.63) is 70.3 Å². The van der Waals surface area contributed by atoms with Crippen LogP contribution in [0.1, 0.15) is 49.0 Å². The number of aliphatic imine (C=N–C) groups is 1. The maximum atomic E-state index is 16.1. The number of carbonyl (C=O) groups excluding carboxylic acids is 2. The molecule has 0 aliphatic carbocycles. The second-order valence-electron chi connectivity index (χ2n) is 12.9. The van der Waals surface area contributed by atoms with Gasteiger partial charge in [-0.3, -0.25) is 19.4 Å². The zero-order valence-corrected chi connectivity index (χ0v) is 25.8. The van der Waals surface area contributed by atoms with E-state index in [2.05, 4.69) is 31.1 Å². The summed E-state index contributed by atoms with van der Waals surface area (Å²) in [4.78, 5) is 48.8. The zero-order valence-electron chi connectivity index (χ0n) is 25.0. The van der Waals surface area contributed by atoms with Gasteiger partial charge in [-0.05, 0) is 41.7 Å². The number of carbonyl (C=O) groups is 3. The SMILES string of the molecule is COC1=CC2NC(=O)[C@]3(C2C=N1)[C@H](CC(C)(C)C)N1CN(c2ccc(C(=O)O)cc2OC)C(=O)[C@H]1[C@@H]3c1cccc(Cl)c1F. The monoisotopic (exact) mass is 624 g/mol. The average Bonchev–Trinajstić information content (AvgIpc) is 3.56. The van der Waals surface area contributed by atoms with Gasteiger partial charge in [0.05, 0.1) is 54.7 Å². The Hall–Kier alpha value is -3.96. The number of anilines is 1. The Morgan fingerprint density at radius 3 is 2.61 bits per heavy atom. The van der Waals surface area contributed by atoms with Crippen molar-refractivity contribution in [1.82, 2.24) is 10.2 Å². The Balaban J connectivity index is 1.57. The summed E-state index contributed by atoms with van der Waals surface area (Å²) in [6.45, 7) is 6.27. The smallest absolute Gasteiger partial charge is 0.335 e. The molecule has 0 radical (unpaired) electrons. The first kappa shape index (κ1) is 30.1. The number of ether oxygens (including phenoxy) is 2. The van der Waals surface area contributed by atoms with Crippen LogP contribution in [0.2, 0.25) is 5.02 Å². The quantitative estimate of drug-likeness (QED) is 0.488. The second-order valence-corrected chi connectivity index (χ2v) is 13.3. The molecule has 2 N–H and O–H groups in total. The molecule has 2 aromatic carbocycles. The number of hydrogen-bond donors (Lipinski definition) is 2. The molecule has 3 saturated heterocycles. The molecule has 4 heterocycles.